The minimum atomic E-state index is 0.927. The van der Waals surface area contributed by atoms with Crippen LogP contribution in [-0.4, -0.2) is 9.78 Å². The lowest BCUT2D eigenvalue weighted by atomic mass is 10.0. The SMILES string of the molecule is c1ccc(Cc2ccccc2-n2cccn2)cc1. The number of hydrogen-bond donors (Lipinski definition) is 0. The monoisotopic (exact) mass is 234 g/mol. The van der Waals surface area contributed by atoms with E-state index in [2.05, 4.69) is 47.6 Å². The molecule has 0 saturated carbocycles. The van der Waals surface area contributed by atoms with Crippen LogP contribution in [0.25, 0.3) is 5.69 Å². The Kier molecular flexibility index (Phi) is 2.92. The topological polar surface area (TPSA) is 17.8 Å². The van der Waals surface area contributed by atoms with Gasteiger partial charge in [-0.1, -0.05) is 48.5 Å². The molecule has 0 spiro atoms. The first-order valence-electron chi connectivity index (χ1n) is 6.05. The van der Waals surface area contributed by atoms with Crippen molar-refractivity contribution in [2.24, 2.45) is 0 Å². The second-order valence-corrected chi connectivity index (χ2v) is 4.24. The summed E-state index contributed by atoms with van der Waals surface area (Å²) in [6.07, 6.45) is 4.71. The van der Waals surface area contributed by atoms with E-state index in [0.29, 0.717) is 0 Å². The number of benzene rings is 2. The third kappa shape index (κ3) is 2.18. The van der Waals surface area contributed by atoms with Gasteiger partial charge in [-0.05, 0) is 29.7 Å². The summed E-state index contributed by atoms with van der Waals surface area (Å²) in [6.45, 7) is 0. The quantitative estimate of drug-likeness (QED) is 0.678. The van der Waals surface area contributed by atoms with Gasteiger partial charge in [0, 0.05) is 12.4 Å². The smallest absolute Gasteiger partial charge is 0.0680 e. The van der Waals surface area contributed by atoms with Gasteiger partial charge in [0.05, 0.1) is 5.69 Å². The largest absolute Gasteiger partial charge is 0.241 e. The number of rotatable bonds is 3. The molecule has 0 atom stereocenters. The fraction of sp³-hybridized carbons (Fsp3) is 0.0625. The first-order chi connectivity index (χ1) is 8.93. The van der Waals surface area contributed by atoms with E-state index >= 15 is 0 Å². The molecule has 0 fully saturated rings. The van der Waals surface area contributed by atoms with Crippen molar-refractivity contribution in [1.29, 1.82) is 0 Å². The van der Waals surface area contributed by atoms with Gasteiger partial charge in [0.15, 0.2) is 0 Å². The summed E-state index contributed by atoms with van der Waals surface area (Å²) < 4.78 is 1.91. The van der Waals surface area contributed by atoms with Gasteiger partial charge in [-0.15, -0.1) is 0 Å². The molecule has 0 aliphatic carbocycles. The summed E-state index contributed by atoms with van der Waals surface area (Å²) >= 11 is 0. The Hall–Kier alpha value is -2.35. The van der Waals surface area contributed by atoms with Gasteiger partial charge < -0.3 is 0 Å². The third-order valence-electron chi connectivity index (χ3n) is 2.98. The molecule has 0 saturated heterocycles. The molecule has 0 bridgehead atoms. The lowest BCUT2D eigenvalue weighted by molar-refractivity contribution is 0.866. The molecule has 3 rings (SSSR count). The number of nitrogens with zero attached hydrogens (tertiary/aromatic N) is 2. The molecule has 0 unspecified atom stereocenters. The Morgan fingerprint density at radius 2 is 1.61 bits per heavy atom. The van der Waals surface area contributed by atoms with E-state index in [4.69, 9.17) is 0 Å². The van der Waals surface area contributed by atoms with Gasteiger partial charge in [-0.25, -0.2) is 4.68 Å². The van der Waals surface area contributed by atoms with E-state index in [1.54, 1.807) is 6.20 Å². The fourth-order valence-corrected chi connectivity index (χ4v) is 2.11. The highest BCUT2D eigenvalue weighted by Gasteiger charge is 2.04. The zero-order chi connectivity index (χ0) is 12.2. The lowest BCUT2D eigenvalue weighted by Gasteiger charge is -2.09. The minimum Gasteiger partial charge on any atom is -0.241 e. The van der Waals surface area contributed by atoms with Crippen molar-refractivity contribution >= 4 is 0 Å². The molecule has 88 valence electrons. The average molecular weight is 234 g/mol. The first-order valence-corrected chi connectivity index (χ1v) is 6.05. The van der Waals surface area contributed by atoms with Crippen LogP contribution in [0.3, 0.4) is 0 Å². The second-order valence-electron chi connectivity index (χ2n) is 4.24. The van der Waals surface area contributed by atoms with Crippen LogP contribution in [-0.2, 0) is 6.42 Å². The number of para-hydroxylation sites is 1. The minimum absolute atomic E-state index is 0.927. The Bertz CT molecular complexity index is 613. The van der Waals surface area contributed by atoms with Crippen LogP contribution in [0.1, 0.15) is 11.1 Å². The molecule has 2 aromatic carbocycles. The highest BCUT2D eigenvalue weighted by molar-refractivity contribution is 5.43. The molecule has 1 heterocycles. The molecule has 0 aliphatic heterocycles. The van der Waals surface area contributed by atoms with Crippen molar-refractivity contribution in [3.63, 3.8) is 0 Å². The van der Waals surface area contributed by atoms with Gasteiger partial charge in [-0.3, -0.25) is 0 Å². The maximum atomic E-state index is 4.31. The zero-order valence-electron chi connectivity index (χ0n) is 10.0. The summed E-state index contributed by atoms with van der Waals surface area (Å²) in [5.74, 6) is 0. The van der Waals surface area contributed by atoms with E-state index in [1.165, 1.54) is 11.1 Å². The van der Waals surface area contributed by atoms with Crippen LogP contribution in [0.15, 0.2) is 73.1 Å². The van der Waals surface area contributed by atoms with Crippen molar-refractivity contribution < 1.29 is 0 Å². The van der Waals surface area contributed by atoms with E-state index in [0.717, 1.165) is 12.1 Å². The molecule has 2 heteroatoms. The van der Waals surface area contributed by atoms with Crippen molar-refractivity contribution in [3.8, 4) is 5.69 Å². The van der Waals surface area contributed by atoms with Crippen LogP contribution in [0.4, 0.5) is 0 Å². The first kappa shape index (κ1) is 10.8. The molecule has 2 nitrogen and oxygen atoms in total. The molecule has 0 aliphatic rings. The van der Waals surface area contributed by atoms with Crippen molar-refractivity contribution in [2.75, 3.05) is 0 Å². The summed E-state index contributed by atoms with van der Waals surface area (Å²) in [5.41, 5.74) is 3.75. The van der Waals surface area contributed by atoms with Crippen LogP contribution in [0.2, 0.25) is 0 Å². The average Bonchev–Trinajstić information content (AvgIpc) is 2.94. The molecule has 0 radical (unpaired) electrons. The number of aromatic nitrogens is 2. The van der Waals surface area contributed by atoms with Crippen molar-refractivity contribution in [1.82, 2.24) is 9.78 Å². The van der Waals surface area contributed by atoms with Crippen molar-refractivity contribution in [3.05, 3.63) is 84.2 Å². The Balaban J connectivity index is 1.98. The third-order valence-corrected chi connectivity index (χ3v) is 2.98. The van der Waals surface area contributed by atoms with Crippen molar-refractivity contribution in [2.45, 2.75) is 6.42 Å². The summed E-state index contributed by atoms with van der Waals surface area (Å²) in [7, 11) is 0. The van der Waals surface area contributed by atoms with Crippen LogP contribution in [0, 0.1) is 0 Å². The van der Waals surface area contributed by atoms with Gasteiger partial charge in [0.1, 0.15) is 0 Å². The molecule has 0 amide bonds. The molecular weight excluding hydrogens is 220 g/mol. The Labute approximate surface area is 107 Å². The summed E-state index contributed by atoms with van der Waals surface area (Å²) in [5, 5.41) is 4.31. The van der Waals surface area contributed by atoms with E-state index < -0.39 is 0 Å². The molecule has 0 N–H and O–H groups in total. The lowest BCUT2D eigenvalue weighted by Crippen LogP contribution is -2.00. The molecular formula is C16H14N2. The number of hydrogen-bond acceptors (Lipinski definition) is 1. The van der Waals surface area contributed by atoms with Crippen LogP contribution < -0.4 is 0 Å². The summed E-state index contributed by atoms with van der Waals surface area (Å²) in [4.78, 5) is 0. The Morgan fingerprint density at radius 1 is 0.833 bits per heavy atom. The predicted molar refractivity (Wildman–Crippen MR) is 72.8 cm³/mol. The van der Waals surface area contributed by atoms with E-state index in [9.17, 15) is 0 Å². The van der Waals surface area contributed by atoms with Gasteiger partial charge in [0.25, 0.3) is 0 Å². The zero-order valence-corrected chi connectivity index (χ0v) is 10.0. The molecule has 18 heavy (non-hydrogen) atoms. The van der Waals surface area contributed by atoms with Crippen LogP contribution >= 0.6 is 0 Å². The highest BCUT2D eigenvalue weighted by Crippen LogP contribution is 2.17. The maximum absolute atomic E-state index is 4.31. The predicted octanol–water partition coefficient (Wildman–Crippen LogP) is 3.46. The van der Waals surface area contributed by atoms with Gasteiger partial charge in [0.2, 0.25) is 0 Å². The fourth-order valence-electron chi connectivity index (χ4n) is 2.11. The maximum Gasteiger partial charge on any atom is 0.0680 e. The molecule has 3 aromatic rings. The van der Waals surface area contributed by atoms with E-state index in [-0.39, 0.29) is 0 Å². The van der Waals surface area contributed by atoms with Gasteiger partial charge in [-0.2, -0.15) is 5.10 Å². The second kappa shape index (κ2) is 4.88. The van der Waals surface area contributed by atoms with Crippen LogP contribution in [0.5, 0.6) is 0 Å². The summed E-state index contributed by atoms with van der Waals surface area (Å²) in [6, 6.07) is 20.8. The van der Waals surface area contributed by atoms with E-state index in [1.807, 2.05) is 29.1 Å². The standard InChI is InChI=1S/C16H14N2/c1-2-7-14(8-3-1)13-15-9-4-5-10-16(15)18-12-6-11-17-18/h1-12H,13H2. The Morgan fingerprint density at radius 3 is 2.39 bits per heavy atom. The molecule has 1 aromatic heterocycles. The normalized spacial score (nSPS) is 10.4. The highest BCUT2D eigenvalue weighted by atomic mass is 15.3. The van der Waals surface area contributed by atoms with Gasteiger partial charge >= 0.3 is 0 Å².